The van der Waals surface area contributed by atoms with E-state index in [1.807, 2.05) is 0 Å². The molecule has 21 heavy (non-hydrogen) atoms. The maximum atomic E-state index is 11.5. The second-order valence-electron chi connectivity index (χ2n) is 4.06. The molecule has 0 amide bonds. The molecule has 8 heteroatoms. The summed E-state index contributed by atoms with van der Waals surface area (Å²) in [6.07, 6.45) is -0.946. The lowest BCUT2D eigenvalue weighted by Gasteiger charge is -2.16. The average Bonchev–Trinajstić information content (AvgIpc) is 2.46. The molecule has 0 aliphatic heterocycles. The zero-order chi connectivity index (χ0) is 16.0. The number of nitrogens with zero attached hydrogens (tertiary/aromatic N) is 1. The lowest BCUT2D eigenvalue weighted by Crippen LogP contribution is -2.26. The number of methoxy groups -OCH3 is 1. The van der Waals surface area contributed by atoms with Crippen molar-refractivity contribution in [3.05, 3.63) is 27.8 Å². The lowest BCUT2D eigenvalue weighted by molar-refractivity contribution is -0.386. The van der Waals surface area contributed by atoms with Crippen molar-refractivity contribution in [3.8, 4) is 11.5 Å². The van der Waals surface area contributed by atoms with Crippen LogP contribution in [0.1, 0.15) is 19.4 Å². The van der Waals surface area contributed by atoms with E-state index in [1.165, 1.54) is 20.1 Å². The van der Waals surface area contributed by atoms with Gasteiger partial charge in [0.05, 0.1) is 36.9 Å². The van der Waals surface area contributed by atoms with Crippen LogP contribution in [0.2, 0.25) is 0 Å². The quantitative estimate of drug-likeness (QED) is 0.461. The van der Waals surface area contributed by atoms with E-state index in [4.69, 9.17) is 19.3 Å². The number of nitro groups is 1. The van der Waals surface area contributed by atoms with Gasteiger partial charge in [0.25, 0.3) is 5.69 Å². The normalized spacial score (nSPS) is 11.6. The second kappa shape index (κ2) is 7.44. The van der Waals surface area contributed by atoms with Gasteiger partial charge in [0.2, 0.25) is 0 Å². The first kappa shape index (κ1) is 16.7. The number of rotatable bonds is 7. The number of hydrogen-bond acceptors (Lipinski definition) is 7. The van der Waals surface area contributed by atoms with E-state index in [0.29, 0.717) is 0 Å². The van der Waals surface area contributed by atoms with Gasteiger partial charge in [-0.05, 0) is 19.9 Å². The van der Waals surface area contributed by atoms with Gasteiger partial charge >= 0.3 is 5.97 Å². The minimum absolute atomic E-state index is 0.0296. The first-order valence-corrected chi connectivity index (χ1v) is 6.24. The molecule has 1 aromatic carbocycles. The predicted molar refractivity (Wildman–Crippen MR) is 72.3 cm³/mol. The smallest absolute Gasteiger partial charge is 0.347 e. The highest BCUT2D eigenvalue weighted by Crippen LogP contribution is 2.35. The van der Waals surface area contributed by atoms with Gasteiger partial charge in [0.15, 0.2) is 17.6 Å². The molecule has 1 N–H and O–H groups in total. The Labute approximate surface area is 121 Å². The standard InChI is InChI=1S/C13H17NO7/c1-4-20-13(16)8(2)21-12-6-10(14(17)18)9(7-15)5-11(12)19-3/h5-6,8,15H,4,7H2,1-3H3. The zero-order valence-corrected chi connectivity index (χ0v) is 12.0. The van der Waals surface area contributed by atoms with E-state index in [0.717, 1.165) is 6.07 Å². The molecule has 1 unspecified atom stereocenters. The summed E-state index contributed by atoms with van der Waals surface area (Å²) in [5.74, 6) is -0.379. The fourth-order valence-corrected chi connectivity index (χ4v) is 1.64. The average molecular weight is 299 g/mol. The first-order chi connectivity index (χ1) is 9.94. The summed E-state index contributed by atoms with van der Waals surface area (Å²) in [4.78, 5) is 21.8. The van der Waals surface area contributed by atoms with E-state index >= 15 is 0 Å². The molecule has 0 bridgehead atoms. The van der Waals surface area contributed by atoms with Crippen LogP contribution in [-0.2, 0) is 16.1 Å². The van der Waals surface area contributed by atoms with Gasteiger partial charge in [0, 0.05) is 0 Å². The topological polar surface area (TPSA) is 108 Å². The molecule has 0 aliphatic carbocycles. The van der Waals surface area contributed by atoms with Crippen LogP contribution in [0.3, 0.4) is 0 Å². The van der Waals surface area contributed by atoms with Gasteiger partial charge in [-0.25, -0.2) is 4.79 Å². The minimum Gasteiger partial charge on any atom is -0.493 e. The summed E-state index contributed by atoms with van der Waals surface area (Å²) in [7, 11) is 1.35. The number of aliphatic hydroxyl groups excluding tert-OH is 1. The van der Waals surface area contributed by atoms with Gasteiger partial charge in [-0.1, -0.05) is 0 Å². The number of ether oxygens (including phenoxy) is 3. The van der Waals surface area contributed by atoms with E-state index in [2.05, 4.69) is 0 Å². The molecule has 0 fully saturated rings. The molecular weight excluding hydrogens is 282 g/mol. The van der Waals surface area contributed by atoms with Gasteiger partial charge in [-0.2, -0.15) is 0 Å². The molecule has 1 aromatic rings. The van der Waals surface area contributed by atoms with Crippen LogP contribution in [0, 0.1) is 10.1 Å². The lowest BCUT2D eigenvalue weighted by atomic mass is 10.1. The molecule has 0 saturated heterocycles. The maximum Gasteiger partial charge on any atom is 0.347 e. The summed E-state index contributed by atoms with van der Waals surface area (Å²) in [6.45, 7) is 2.81. The third kappa shape index (κ3) is 4.06. The van der Waals surface area contributed by atoms with Crippen LogP contribution in [-0.4, -0.2) is 35.8 Å². The molecule has 0 aromatic heterocycles. The highest BCUT2D eigenvalue weighted by Gasteiger charge is 2.23. The zero-order valence-electron chi connectivity index (χ0n) is 12.0. The summed E-state index contributed by atoms with van der Waals surface area (Å²) in [6, 6.07) is 2.41. The summed E-state index contributed by atoms with van der Waals surface area (Å²) < 4.78 is 15.2. The monoisotopic (exact) mass is 299 g/mol. The summed E-state index contributed by atoms with van der Waals surface area (Å²) >= 11 is 0. The Hall–Kier alpha value is -2.35. The first-order valence-electron chi connectivity index (χ1n) is 6.24. The van der Waals surface area contributed by atoms with Crippen LogP contribution in [0.5, 0.6) is 11.5 Å². The number of carbonyl (C=O) groups excluding carboxylic acids is 1. The Kier molecular flexibility index (Phi) is 5.92. The Morgan fingerprint density at radius 1 is 1.43 bits per heavy atom. The Morgan fingerprint density at radius 2 is 2.10 bits per heavy atom. The van der Waals surface area contributed by atoms with Gasteiger partial charge in [-0.3, -0.25) is 10.1 Å². The fraction of sp³-hybridized carbons (Fsp3) is 0.462. The van der Waals surface area contributed by atoms with Crippen molar-refractivity contribution in [2.24, 2.45) is 0 Å². The molecule has 116 valence electrons. The predicted octanol–water partition coefficient (Wildman–Crippen LogP) is 1.43. The second-order valence-corrected chi connectivity index (χ2v) is 4.06. The van der Waals surface area contributed by atoms with E-state index < -0.39 is 23.6 Å². The molecule has 1 rings (SSSR count). The molecule has 0 radical (unpaired) electrons. The van der Waals surface area contributed by atoms with E-state index in [1.54, 1.807) is 6.92 Å². The van der Waals surface area contributed by atoms with Crippen molar-refractivity contribution in [1.82, 2.24) is 0 Å². The minimum atomic E-state index is -0.946. The molecule has 8 nitrogen and oxygen atoms in total. The summed E-state index contributed by atoms with van der Waals surface area (Å²) in [5, 5.41) is 20.1. The maximum absolute atomic E-state index is 11.5. The SMILES string of the molecule is CCOC(=O)C(C)Oc1cc([N+](=O)[O-])c(CO)cc1OC. The summed E-state index contributed by atoms with van der Waals surface area (Å²) in [5.41, 5.74) is -0.225. The van der Waals surface area contributed by atoms with Crippen LogP contribution in [0.4, 0.5) is 5.69 Å². The van der Waals surface area contributed by atoms with Gasteiger partial charge < -0.3 is 19.3 Å². The molecule has 0 aliphatic rings. The molecule has 0 spiro atoms. The van der Waals surface area contributed by atoms with Crippen LogP contribution in [0.15, 0.2) is 12.1 Å². The van der Waals surface area contributed by atoms with E-state index in [9.17, 15) is 14.9 Å². The van der Waals surface area contributed by atoms with E-state index in [-0.39, 0.29) is 29.4 Å². The van der Waals surface area contributed by atoms with Crippen LogP contribution in [0.25, 0.3) is 0 Å². The number of aliphatic hydroxyl groups is 1. The molecular formula is C13H17NO7. The van der Waals surface area contributed by atoms with Gasteiger partial charge in [0.1, 0.15) is 0 Å². The largest absolute Gasteiger partial charge is 0.493 e. The molecule has 0 heterocycles. The third-order valence-corrected chi connectivity index (χ3v) is 2.65. The van der Waals surface area contributed by atoms with Crippen LogP contribution >= 0.6 is 0 Å². The molecule has 0 saturated carbocycles. The number of esters is 1. The van der Waals surface area contributed by atoms with Crippen molar-refractivity contribution < 1.29 is 29.0 Å². The van der Waals surface area contributed by atoms with Crippen molar-refractivity contribution >= 4 is 11.7 Å². The van der Waals surface area contributed by atoms with Crippen molar-refractivity contribution in [2.75, 3.05) is 13.7 Å². The number of carbonyl (C=O) groups is 1. The van der Waals surface area contributed by atoms with Crippen LogP contribution < -0.4 is 9.47 Å². The Morgan fingerprint density at radius 3 is 2.57 bits per heavy atom. The van der Waals surface area contributed by atoms with Crippen molar-refractivity contribution in [3.63, 3.8) is 0 Å². The number of hydrogen-bond donors (Lipinski definition) is 1. The fourth-order valence-electron chi connectivity index (χ4n) is 1.64. The highest BCUT2D eigenvalue weighted by atomic mass is 16.6. The van der Waals surface area contributed by atoms with Crippen molar-refractivity contribution in [1.29, 1.82) is 0 Å². The highest BCUT2D eigenvalue weighted by molar-refractivity contribution is 5.74. The Balaban J connectivity index is 3.13. The molecule has 1 atom stereocenters. The number of benzene rings is 1. The Bertz CT molecular complexity index is 529. The van der Waals surface area contributed by atoms with Crippen molar-refractivity contribution in [2.45, 2.75) is 26.6 Å². The third-order valence-electron chi connectivity index (χ3n) is 2.65. The number of nitro benzene ring substituents is 1. The van der Waals surface area contributed by atoms with Gasteiger partial charge in [-0.15, -0.1) is 0 Å².